The van der Waals surface area contributed by atoms with Crippen LogP contribution in [0.3, 0.4) is 0 Å². The molecule has 10 heteroatoms. The molecule has 0 radical (unpaired) electrons. The van der Waals surface area contributed by atoms with Crippen molar-refractivity contribution in [3.63, 3.8) is 0 Å². The van der Waals surface area contributed by atoms with Crippen molar-refractivity contribution in [3.8, 4) is 17.2 Å². The van der Waals surface area contributed by atoms with Crippen molar-refractivity contribution in [1.29, 1.82) is 0 Å². The highest BCUT2D eigenvalue weighted by Crippen LogP contribution is 2.28. The molecule has 0 spiro atoms. The molecule has 0 fully saturated rings. The lowest BCUT2D eigenvalue weighted by Gasteiger charge is -2.13. The summed E-state index contributed by atoms with van der Waals surface area (Å²) in [6.45, 7) is 2.89. The fraction of sp³-hybridized carbons (Fsp3) is 0.167. The van der Waals surface area contributed by atoms with E-state index in [1.54, 1.807) is 24.4 Å². The van der Waals surface area contributed by atoms with Gasteiger partial charge < -0.3 is 19.5 Å². The first-order valence-electron chi connectivity index (χ1n) is 10.5. The number of hydrogen-bond donors (Lipinski definition) is 2. The van der Waals surface area contributed by atoms with Crippen LogP contribution in [-0.4, -0.2) is 36.1 Å². The number of anilines is 1. The van der Waals surface area contributed by atoms with Crippen LogP contribution in [0.5, 0.6) is 17.2 Å². The van der Waals surface area contributed by atoms with E-state index in [2.05, 4.69) is 15.8 Å². The quantitative estimate of drug-likeness (QED) is 0.133. The van der Waals surface area contributed by atoms with Crippen LogP contribution in [0.25, 0.3) is 0 Å². The number of hydrazone groups is 1. The number of nitro benzene ring substituents is 1. The average molecular weight is 481 g/mol. The molecule has 3 aromatic carbocycles. The van der Waals surface area contributed by atoms with Crippen LogP contribution in [0.4, 0.5) is 11.4 Å². The molecule has 2 N–H and O–H groups in total. The van der Waals surface area contributed by atoms with Gasteiger partial charge in [0, 0.05) is 17.8 Å². The Bertz CT molecular complexity index is 1120. The maximum Gasteiger partial charge on any atom is 0.269 e. The molecule has 9 nitrogen and oxygen atoms in total. The maximum absolute atomic E-state index is 10.7. The number of non-ortho nitro benzene ring substituents is 1. The molecule has 0 unspecified atom stereocenters. The first-order chi connectivity index (χ1) is 16.5. The van der Waals surface area contributed by atoms with Crippen LogP contribution in [0.2, 0.25) is 0 Å². The molecule has 3 aromatic rings. The lowest BCUT2D eigenvalue weighted by atomic mass is 10.2. The Morgan fingerprint density at radius 3 is 2.44 bits per heavy atom. The highest BCUT2D eigenvalue weighted by Gasteiger charge is 2.07. The number of nitrogens with zero attached hydrogens (tertiary/aromatic N) is 2. The van der Waals surface area contributed by atoms with Crippen molar-refractivity contribution in [2.45, 2.75) is 6.92 Å². The van der Waals surface area contributed by atoms with Gasteiger partial charge in [0.25, 0.3) is 5.69 Å². The molecule has 3 rings (SSSR count). The van der Waals surface area contributed by atoms with Crippen LogP contribution in [-0.2, 0) is 0 Å². The van der Waals surface area contributed by atoms with E-state index in [-0.39, 0.29) is 18.9 Å². The number of ether oxygens (including phenoxy) is 3. The topological polar surface area (TPSA) is 107 Å². The lowest BCUT2D eigenvalue weighted by molar-refractivity contribution is -0.384. The number of nitro groups is 1. The van der Waals surface area contributed by atoms with Crippen LogP contribution in [0, 0.1) is 10.1 Å². The van der Waals surface area contributed by atoms with Gasteiger partial charge in [-0.3, -0.25) is 15.5 Å². The monoisotopic (exact) mass is 480 g/mol. The van der Waals surface area contributed by atoms with E-state index >= 15 is 0 Å². The summed E-state index contributed by atoms with van der Waals surface area (Å²) < 4.78 is 17.0. The van der Waals surface area contributed by atoms with Crippen LogP contribution in [0.15, 0.2) is 77.9 Å². The number of para-hydroxylation sites is 1. The van der Waals surface area contributed by atoms with Gasteiger partial charge in [0.15, 0.2) is 16.6 Å². The zero-order chi connectivity index (χ0) is 24.2. The first-order valence-corrected chi connectivity index (χ1v) is 10.9. The number of hydrogen-bond acceptors (Lipinski definition) is 7. The third-order valence-electron chi connectivity index (χ3n) is 4.34. The SMILES string of the molecule is CCOc1cc(/C=N/NC(=S)Nc2ccccc2)ccc1OCCOc1ccc([N+](=O)[O-])cc1. The summed E-state index contributed by atoms with van der Waals surface area (Å²) in [4.78, 5) is 10.3. The van der Waals surface area contributed by atoms with Crippen molar-refractivity contribution < 1.29 is 19.1 Å². The molecule has 0 bridgehead atoms. The van der Waals surface area contributed by atoms with E-state index in [4.69, 9.17) is 26.4 Å². The molecule has 0 aliphatic carbocycles. The van der Waals surface area contributed by atoms with E-state index in [1.165, 1.54) is 12.1 Å². The van der Waals surface area contributed by atoms with Crippen molar-refractivity contribution in [3.05, 3.63) is 88.5 Å². The maximum atomic E-state index is 10.7. The molecule has 0 aliphatic rings. The molecule has 0 amide bonds. The van der Waals surface area contributed by atoms with Gasteiger partial charge in [-0.1, -0.05) is 18.2 Å². The van der Waals surface area contributed by atoms with E-state index in [0.29, 0.717) is 29.0 Å². The minimum atomic E-state index is -0.456. The Labute approximate surface area is 202 Å². The van der Waals surface area contributed by atoms with E-state index < -0.39 is 4.92 Å². The second kappa shape index (κ2) is 12.8. The van der Waals surface area contributed by atoms with Gasteiger partial charge in [-0.05, 0) is 67.2 Å². The summed E-state index contributed by atoms with van der Waals surface area (Å²) in [6.07, 6.45) is 1.63. The molecule has 0 saturated carbocycles. The normalized spacial score (nSPS) is 10.5. The summed E-state index contributed by atoms with van der Waals surface area (Å²) in [5.74, 6) is 1.67. The number of thiocarbonyl (C=S) groups is 1. The van der Waals surface area contributed by atoms with Gasteiger partial charge in [-0.2, -0.15) is 5.10 Å². The summed E-state index contributed by atoms with van der Waals surface area (Å²) in [7, 11) is 0. The van der Waals surface area contributed by atoms with Gasteiger partial charge in [-0.25, -0.2) is 0 Å². The Kier molecular flexibility index (Phi) is 9.18. The van der Waals surface area contributed by atoms with Crippen molar-refractivity contribution in [2.75, 3.05) is 25.1 Å². The van der Waals surface area contributed by atoms with E-state index in [0.717, 1.165) is 11.3 Å². The van der Waals surface area contributed by atoms with Gasteiger partial charge >= 0.3 is 0 Å². The Balaban J connectivity index is 1.50. The number of rotatable bonds is 11. The minimum Gasteiger partial charge on any atom is -0.490 e. The summed E-state index contributed by atoms with van der Waals surface area (Å²) in [6, 6.07) is 20.9. The zero-order valence-electron chi connectivity index (χ0n) is 18.5. The molecule has 0 saturated heterocycles. The van der Waals surface area contributed by atoms with E-state index in [9.17, 15) is 10.1 Å². The predicted octanol–water partition coefficient (Wildman–Crippen LogP) is 4.77. The molecular weight excluding hydrogens is 456 g/mol. The van der Waals surface area contributed by atoms with Crippen molar-refractivity contribution in [2.24, 2.45) is 5.10 Å². The second-order valence-electron chi connectivity index (χ2n) is 6.78. The zero-order valence-corrected chi connectivity index (χ0v) is 19.3. The van der Waals surface area contributed by atoms with Crippen molar-refractivity contribution >= 4 is 34.9 Å². The standard InChI is InChI=1S/C24H24N4O5S/c1-2-31-23-16-18(17-25-27-24(34)26-19-6-4-3-5-7-19)8-13-22(23)33-15-14-32-21-11-9-20(10-12-21)28(29)30/h3-13,16-17H,2,14-15H2,1H3,(H2,26,27,34)/b25-17+. The summed E-state index contributed by atoms with van der Waals surface area (Å²) in [5.41, 5.74) is 4.46. The average Bonchev–Trinajstić information content (AvgIpc) is 2.84. The lowest BCUT2D eigenvalue weighted by Crippen LogP contribution is -2.23. The molecule has 34 heavy (non-hydrogen) atoms. The number of benzene rings is 3. The fourth-order valence-electron chi connectivity index (χ4n) is 2.81. The fourth-order valence-corrected chi connectivity index (χ4v) is 2.98. The molecular formula is C24H24N4O5S. The van der Waals surface area contributed by atoms with Gasteiger partial charge in [0.05, 0.1) is 17.7 Å². The Morgan fingerprint density at radius 1 is 1.00 bits per heavy atom. The predicted molar refractivity (Wildman–Crippen MR) is 135 cm³/mol. The first kappa shape index (κ1) is 24.5. The molecule has 0 heterocycles. The van der Waals surface area contributed by atoms with Gasteiger partial charge in [0.1, 0.15) is 19.0 Å². The molecule has 176 valence electrons. The van der Waals surface area contributed by atoms with Gasteiger partial charge in [0.2, 0.25) is 0 Å². The smallest absolute Gasteiger partial charge is 0.269 e. The molecule has 0 aliphatic heterocycles. The van der Waals surface area contributed by atoms with Gasteiger partial charge in [-0.15, -0.1) is 0 Å². The Morgan fingerprint density at radius 2 is 1.74 bits per heavy atom. The largest absolute Gasteiger partial charge is 0.490 e. The highest BCUT2D eigenvalue weighted by molar-refractivity contribution is 7.80. The summed E-state index contributed by atoms with van der Waals surface area (Å²) >= 11 is 5.23. The highest BCUT2D eigenvalue weighted by atomic mass is 32.1. The third-order valence-corrected chi connectivity index (χ3v) is 4.53. The molecule has 0 atom stereocenters. The van der Waals surface area contributed by atoms with E-state index in [1.807, 2.05) is 49.4 Å². The third kappa shape index (κ3) is 7.75. The van der Waals surface area contributed by atoms with Crippen LogP contribution >= 0.6 is 12.2 Å². The Hall–Kier alpha value is -4.18. The minimum absolute atomic E-state index is 0.0121. The van der Waals surface area contributed by atoms with Crippen LogP contribution in [0.1, 0.15) is 12.5 Å². The van der Waals surface area contributed by atoms with Crippen molar-refractivity contribution in [1.82, 2.24) is 5.43 Å². The van der Waals surface area contributed by atoms with Crippen LogP contribution < -0.4 is 25.0 Å². The molecule has 0 aromatic heterocycles. The second-order valence-corrected chi connectivity index (χ2v) is 7.19. The number of nitrogens with one attached hydrogen (secondary N) is 2. The summed E-state index contributed by atoms with van der Waals surface area (Å²) in [5, 5.41) is 18.3.